The van der Waals surface area contributed by atoms with E-state index in [0.29, 0.717) is 12.8 Å². The molecule has 0 aliphatic carbocycles. The van der Waals surface area contributed by atoms with Crippen LogP contribution in [0.25, 0.3) is 0 Å². The van der Waals surface area contributed by atoms with Crippen molar-refractivity contribution < 1.29 is 22.1 Å². The van der Waals surface area contributed by atoms with E-state index in [9.17, 15) is 13.2 Å². The van der Waals surface area contributed by atoms with E-state index in [1.165, 1.54) is 12.1 Å². The fourth-order valence-electron chi connectivity index (χ4n) is 1.85. The summed E-state index contributed by atoms with van der Waals surface area (Å²) in [6.45, 7) is 3.74. The molecule has 116 valence electrons. The Morgan fingerprint density at radius 2 is 1.95 bits per heavy atom. The van der Waals surface area contributed by atoms with Crippen molar-refractivity contribution in [2.24, 2.45) is 0 Å². The van der Waals surface area contributed by atoms with Crippen LogP contribution in [-0.4, -0.2) is 33.3 Å². The van der Waals surface area contributed by atoms with E-state index in [1.54, 1.807) is 12.1 Å². The normalized spacial score (nSPS) is 19.7. The Hall–Kier alpha value is -1.44. The van der Waals surface area contributed by atoms with E-state index in [1.807, 2.05) is 13.8 Å². The number of benzene rings is 1. The van der Waals surface area contributed by atoms with E-state index in [2.05, 4.69) is 5.32 Å². The number of carbonyl (C=O) groups is 1. The molecule has 0 aromatic heterocycles. The van der Waals surface area contributed by atoms with Crippen LogP contribution in [0.2, 0.25) is 0 Å². The van der Waals surface area contributed by atoms with Crippen molar-refractivity contribution in [1.29, 1.82) is 0 Å². The van der Waals surface area contributed by atoms with Crippen molar-refractivity contribution >= 4 is 16.0 Å². The van der Waals surface area contributed by atoms with E-state index in [4.69, 9.17) is 8.92 Å². The molecule has 0 unspecified atom stereocenters. The van der Waals surface area contributed by atoms with Crippen LogP contribution in [-0.2, 0) is 23.8 Å². The second-order valence-electron chi connectivity index (χ2n) is 5.08. The Bertz CT molecular complexity index is 588. The van der Waals surface area contributed by atoms with Crippen molar-refractivity contribution in [2.75, 3.05) is 6.61 Å². The van der Waals surface area contributed by atoms with Gasteiger partial charge in [-0.25, -0.2) is 0 Å². The quantitative estimate of drug-likeness (QED) is 0.607. The molecule has 1 heterocycles. The molecule has 1 aromatic carbocycles. The number of amides is 1. The molecule has 2 rings (SSSR count). The van der Waals surface area contributed by atoms with Crippen LogP contribution >= 0.6 is 0 Å². The van der Waals surface area contributed by atoms with Crippen LogP contribution in [0.4, 0.5) is 0 Å². The molecule has 0 bridgehead atoms. The van der Waals surface area contributed by atoms with Crippen LogP contribution in [0.1, 0.15) is 25.3 Å². The molecule has 7 heteroatoms. The minimum absolute atomic E-state index is 0.0367. The van der Waals surface area contributed by atoms with Gasteiger partial charge in [0.25, 0.3) is 10.1 Å². The summed E-state index contributed by atoms with van der Waals surface area (Å²) < 4.78 is 34.3. The van der Waals surface area contributed by atoms with E-state index < -0.39 is 10.1 Å². The SMILES string of the molecule is Cc1ccc(S(=O)(=O)OCC[C@@H](C)O[C@@H]2CC(=O)N2)cc1. The third-order valence-electron chi connectivity index (χ3n) is 3.16. The van der Waals surface area contributed by atoms with Crippen molar-refractivity contribution in [3.05, 3.63) is 29.8 Å². The first-order valence-electron chi connectivity index (χ1n) is 6.78. The van der Waals surface area contributed by atoms with Gasteiger partial charge in [-0.05, 0) is 32.4 Å². The fraction of sp³-hybridized carbons (Fsp3) is 0.500. The first kappa shape index (κ1) is 15.9. The van der Waals surface area contributed by atoms with Crippen molar-refractivity contribution in [3.63, 3.8) is 0 Å². The van der Waals surface area contributed by atoms with Crippen LogP contribution in [0, 0.1) is 6.92 Å². The lowest BCUT2D eigenvalue weighted by Gasteiger charge is -2.29. The molecule has 1 aromatic rings. The van der Waals surface area contributed by atoms with Crippen LogP contribution in [0.15, 0.2) is 29.2 Å². The number of β-lactam (4-membered cyclic amide) rings is 1. The molecule has 2 atom stereocenters. The Balaban J connectivity index is 1.76. The third-order valence-corrected chi connectivity index (χ3v) is 4.49. The second-order valence-corrected chi connectivity index (χ2v) is 6.70. The molecule has 1 aliphatic rings. The minimum atomic E-state index is -3.73. The smallest absolute Gasteiger partial charge is 0.296 e. The van der Waals surface area contributed by atoms with Crippen molar-refractivity contribution in [3.8, 4) is 0 Å². The Labute approximate surface area is 124 Å². The van der Waals surface area contributed by atoms with Gasteiger partial charge in [-0.15, -0.1) is 0 Å². The van der Waals surface area contributed by atoms with Crippen LogP contribution < -0.4 is 5.32 Å². The predicted molar refractivity (Wildman–Crippen MR) is 76.0 cm³/mol. The zero-order valence-electron chi connectivity index (χ0n) is 12.0. The number of carbonyl (C=O) groups excluding carboxylic acids is 1. The summed E-state index contributed by atoms with van der Waals surface area (Å²) in [5, 5.41) is 2.59. The number of aryl methyl sites for hydroxylation is 1. The summed E-state index contributed by atoms with van der Waals surface area (Å²) in [7, 11) is -3.73. The van der Waals surface area contributed by atoms with Gasteiger partial charge in [0.2, 0.25) is 5.91 Å². The Morgan fingerprint density at radius 3 is 2.52 bits per heavy atom. The maximum absolute atomic E-state index is 11.9. The summed E-state index contributed by atoms with van der Waals surface area (Å²) in [4.78, 5) is 10.9. The highest BCUT2D eigenvalue weighted by molar-refractivity contribution is 7.86. The third kappa shape index (κ3) is 4.52. The monoisotopic (exact) mass is 313 g/mol. The molecule has 1 N–H and O–H groups in total. The lowest BCUT2D eigenvalue weighted by atomic mass is 10.2. The number of rotatable bonds is 7. The molecule has 1 saturated heterocycles. The van der Waals surface area contributed by atoms with Crippen molar-refractivity contribution in [1.82, 2.24) is 5.32 Å². The second kappa shape index (κ2) is 6.55. The standard InChI is InChI=1S/C14H19NO5S/c1-10-3-5-12(6-4-10)21(17,18)19-8-7-11(2)20-14-9-13(16)15-14/h3-6,11,14H,7-9H2,1-2H3,(H,15,16)/t11-,14-/m1/s1. The van der Waals surface area contributed by atoms with Gasteiger partial charge in [0, 0.05) is 0 Å². The lowest BCUT2D eigenvalue weighted by Crippen LogP contribution is -2.51. The highest BCUT2D eigenvalue weighted by Gasteiger charge is 2.27. The average molecular weight is 313 g/mol. The number of nitrogens with one attached hydrogen (secondary N) is 1. The van der Waals surface area contributed by atoms with Gasteiger partial charge in [-0.1, -0.05) is 17.7 Å². The van der Waals surface area contributed by atoms with E-state index in [-0.39, 0.29) is 29.7 Å². The van der Waals surface area contributed by atoms with E-state index >= 15 is 0 Å². The molecule has 1 amide bonds. The highest BCUT2D eigenvalue weighted by Crippen LogP contribution is 2.15. The van der Waals surface area contributed by atoms with Crippen LogP contribution in [0.5, 0.6) is 0 Å². The Morgan fingerprint density at radius 1 is 1.33 bits per heavy atom. The van der Waals surface area contributed by atoms with Crippen molar-refractivity contribution in [2.45, 2.75) is 43.9 Å². The summed E-state index contributed by atoms with van der Waals surface area (Å²) in [6, 6.07) is 6.49. The van der Waals surface area contributed by atoms with Gasteiger partial charge in [0.05, 0.1) is 24.0 Å². The van der Waals surface area contributed by atoms with Gasteiger partial charge < -0.3 is 10.1 Å². The Kier molecular flexibility index (Phi) is 4.97. The molecule has 0 radical (unpaired) electrons. The average Bonchev–Trinajstić information content (AvgIpc) is 2.37. The number of hydrogen-bond donors (Lipinski definition) is 1. The zero-order chi connectivity index (χ0) is 15.5. The summed E-state index contributed by atoms with van der Waals surface area (Å²) >= 11 is 0. The fourth-order valence-corrected chi connectivity index (χ4v) is 2.78. The molecule has 1 aliphatic heterocycles. The molecule has 6 nitrogen and oxygen atoms in total. The van der Waals surface area contributed by atoms with Gasteiger partial charge in [-0.2, -0.15) is 8.42 Å². The molecular formula is C14H19NO5S. The van der Waals surface area contributed by atoms with Gasteiger partial charge in [-0.3, -0.25) is 8.98 Å². The number of ether oxygens (including phenoxy) is 1. The largest absolute Gasteiger partial charge is 0.355 e. The summed E-state index contributed by atoms with van der Waals surface area (Å²) in [5.74, 6) is -0.0367. The maximum Gasteiger partial charge on any atom is 0.296 e. The first-order chi connectivity index (χ1) is 9.87. The molecular weight excluding hydrogens is 294 g/mol. The molecule has 0 saturated carbocycles. The van der Waals surface area contributed by atoms with E-state index in [0.717, 1.165) is 5.56 Å². The molecule has 21 heavy (non-hydrogen) atoms. The van der Waals surface area contributed by atoms with Gasteiger partial charge >= 0.3 is 0 Å². The minimum Gasteiger partial charge on any atom is -0.355 e. The first-order valence-corrected chi connectivity index (χ1v) is 8.18. The zero-order valence-corrected chi connectivity index (χ0v) is 12.9. The molecule has 1 fully saturated rings. The van der Waals surface area contributed by atoms with Crippen LogP contribution in [0.3, 0.4) is 0 Å². The highest BCUT2D eigenvalue weighted by atomic mass is 32.2. The maximum atomic E-state index is 11.9. The summed E-state index contributed by atoms with van der Waals surface area (Å²) in [6.07, 6.45) is 0.328. The predicted octanol–water partition coefficient (Wildman–Crippen LogP) is 1.34. The van der Waals surface area contributed by atoms with Gasteiger partial charge in [0.1, 0.15) is 6.23 Å². The van der Waals surface area contributed by atoms with Gasteiger partial charge in [0.15, 0.2) is 0 Å². The summed E-state index contributed by atoms with van der Waals surface area (Å²) in [5.41, 5.74) is 0.985. The molecule has 0 spiro atoms. The lowest BCUT2D eigenvalue weighted by molar-refractivity contribution is -0.145. The topological polar surface area (TPSA) is 81.7 Å². The number of hydrogen-bond acceptors (Lipinski definition) is 5.